The third kappa shape index (κ3) is 5.69. The lowest BCUT2D eigenvalue weighted by Gasteiger charge is -2.18. The van der Waals surface area contributed by atoms with Gasteiger partial charge in [-0.2, -0.15) is 0 Å². The first-order valence-electron chi connectivity index (χ1n) is 3.13. The number of hydrogen-bond acceptors (Lipinski definition) is 1. The number of hydrogen-bond donors (Lipinski definition) is 0. The molecule has 0 aromatic rings. The van der Waals surface area contributed by atoms with Crippen LogP contribution in [0.3, 0.4) is 0 Å². The topological polar surface area (TPSA) is 3.24 Å². The minimum Gasteiger partial charge on any atom is -0.297 e. The van der Waals surface area contributed by atoms with Crippen molar-refractivity contribution in [1.29, 1.82) is 0 Å². The van der Waals surface area contributed by atoms with Crippen molar-refractivity contribution in [2.75, 3.05) is 20.1 Å². The molecule has 0 saturated carbocycles. The molecule has 0 aliphatic rings. The van der Waals surface area contributed by atoms with E-state index in [2.05, 4.69) is 6.58 Å². The van der Waals surface area contributed by atoms with E-state index in [1.54, 1.807) is 13.1 Å². The zero-order valence-electron chi connectivity index (χ0n) is 6.40. The van der Waals surface area contributed by atoms with Crippen LogP contribution < -0.4 is 0 Å². The summed E-state index contributed by atoms with van der Waals surface area (Å²) in [4.78, 5) is 1.52. The van der Waals surface area contributed by atoms with Gasteiger partial charge in [-0.1, -0.05) is 6.08 Å². The lowest BCUT2D eigenvalue weighted by Crippen LogP contribution is -2.31. The van der Waals surface area contributed by atoms with Gasteiger partial charge in [-0.25, -0.2) is 8.78 Å². The molecule has 0 N–H and O–H groups in total. The summed E-state index contributed by atoms with van der Waals surface area (Å²) in [7, 11) is 1.64. The van der Waals surface area contributed by atoms with Gasteiger partial charge in [0.1, 0.15) is 0 Å². The minimum atomic E-state index is -2.60. The Kier molecular flexibility index (Phi) is 3.50. The molecule has 0 aromatic heterocycles. The van der Waals surface area contributed by atoms with E-state index in [-0.39, 0.29) is 6.54 Å². The molecule has 0 heterocycles. The number of alkyl halides is 2. The highest BCUT2D eigenvalue weighted by molar-refractivity contribution is 4.73. The van der Waals surface area contributed by atoms with Crippen molar-refractivity contribution in [2.45, 2.75) is 12.8 Å². The van der Waals surface area contributed by atoms with E-state index in [0.717, 1.165) is 6.92 Å². The Bertz CT molecular complexity index is 107. The number of nitrogens with zero attached hydrogens (tertiary/aromatic N) is 1. The Hall–Kier alpha value is -0.440. The summed E-state index contributed by atoms with van der Waals surface area (Å²) in [5.74, 6) is -2.60. The second-order valence-electron chi connectivity index (χ2n) is 2.56. The van der Waals surface area contributed by atoms with Crippen molar-refractivity contribution in [2.24, 2.45) is 0 Å². The van der Waals surface area contributed by atoms with E-state index in [0.29, 0.717) is 6.54 Å². The number of rotatable bonds is 4. The second kappa shape index (κ2) is 3.66. The summed E-state index contributed by atoms with van der Waals surface area (Å²) in [6, 6.07) is 0. The summed E-state index contributed by atoms with van der Waals surface area (Å²) in [5, 5.41) is 0. The summed E-state index contributed by atoms with van der Waals surface area (Å²) >= 11 is 0. The molecule has 0 aliphatic heterocycles. The molecule has 0 amide bonds. The molecule has 0 aliphatic carbocycles. The van der Waals surface area contributed by atoms with Crippen molar-refractivity contribution >= 4 is 0 Å². The van der Waals surface area contributed by atoms with Gasteiger partial charge in [-0.05, 0) is 7.05 Å². The van der Waals surface area contributed by atoms with Crippen molar-refractivity contribution < 1.29 is 8.78 Å². The predicted molar refractivity (Wildman–Crippen MR) is 38.3 cm³/mol. The Morgan fingerprint density at radius 2 is 2.10 bits per heavy atom. The van der Waals surface area contributed by atoms with Gasteiger partial charge < -0.3 is 0 Å². The summed E-state index contributed by atoms with van der Waals surface area (Å²) in [5.41, 5.74) is 0. The van der Waals surface area contributed by atoms with E-state index in [4.69, 9.17) is 0 Å². The van der Waals surface area contributed by atoms with Gasteiger partial charge in [0.15, 0.2) is 0 Å². The van der Waals surface area contributed by atoms with Crippen LogP contribution in [0.5, 0.6) is 0 Å². The van der Waals surface area contributed by atoms with Gasteiger partial charge in [-0.15, -0.1) is 6.58 Å². The van der Waals surface area contributed by atoms with Gasteiger partial charge in [0.05, 0.1) is 6.54 Å². The smallest absolute Gasteiger partial charge is 0.257 e. The fourth-order valence-corrected chi connectivity index (χ4v) is 0.759. The molecular formula is C7H13F2N. The highest BCUT2D eigenvalue weighted by Gasteiger charge is 2.22. The first kappa shape index (κ1) is 9.56. The average molecular weight is 149 g/mol. The average Bonchev–Trinajstić information content (AvgIpc) is 1.59. The molecule has 0 unspecified atom stereocenters. The quantitative estimate of drug-likeness (QED) is 0.550. The standard InChI is InChI=1S/C7H13F2N/c1-4-5-10(3)6-7(2,8)9/h4H,1,5-6H2,2-3H3. The number of likely N-dealkylation sites (N-methyl/N-ethyl adjacent to an activating group) is 1. The Labute approximate surface area is 60.3 Å². The summed E-state index contributed by atoms with van der Waals surface area (Å²) in [6.45, 7) is 4.65. The fourth-order valence-electron chi connectivity index (χ4n) is 0.759. The molecule has 10 heavy (non-hydrogen) atoms. The van der Waals surface area contributed by atoms with Gasteiger partial charge in [-0.3, -0.25) is 4.90 Å². The van der Waals surface area contributed by atoms with Crippen LogP contribution in [-0.4, -0.2) is 31.0 Å². The zero-order chi connectivity index (χ0) is 8.20. The molecule has 0 aromatic carbocycles. The highest BCUT2D eigenvalue weighted by Crippen LogP contribution is 2.11. The molecule has 0 atom stereocenters. The van der Waals surface area contributed by atoms with Crippen LogP contribution in [0.25, 0.3) is 0 Å². The third-order valence-corrected chi connectivity index (χ3v) is 0.988. The summed E-state index contributed by atoms with van der Waals surface area (Å²) in [6.07, 6.45) is 1.60. The normalized spacial score (nSPS) is 12.1. The monoisotopic (exact) mass is 149 g/mol. The van der Waals surface area contributed by atoms with Gasteiger partial charge >= 0.3 is 0 Å². The van der Waals surface area contributed by atoms with Crippen molar-refractivity contribution in [3.8, 4) is 0 Å². The molecule has 0 saturated heterocycles. The van der Waals surface area contributed by atoms with Crippen molar-refractivity contribution in [3.05, 3.63) is 12.7 Å². The lowest BCUT2D eigenvalue weighted by atomic mass is 10.3. The maximum atomic E-state index is 12.2. The molecular weight excluding hydrogens is 136 g/mol. The molecule has 0 rings (SSSR count). The van der Waals surface area contributed by atoms with Crippen LogP contribution in [-0.2, 0) is 0 Å². The molecule has 0 fully saturated rings. The van der Waals surface area contributed by atoms with Crippen LogP contribution in [0.15, 0.2) is 12.7 Å². The minimum absolute atomic E-state index is 0.209. The predicted octanol–water partition coefficient (Wildman–Crippen LogP) is 1.76. The highest BCUT2D eigenvalue weighted by atomic mass is 19.3. The lowest BCUT2D eigenvalue weighted by molar-refractivity contribution is -0.00535. The fraction of sp³-hybridized carbons (Fsp3) is 0.714. The van der Waals surface area contributed by atoms with E-state index in [9.17, 15) is 8.78 Å². The van der Waals surface area contributed by atoms with E-state index >= 15 is 0 Å². The first-order chi connectivity index (χ1) is 4.45. The Morgan fingerprint density at radius 3 is 2.40 bits per heavy atom. The van der Waals surface area contributed by atoms with Gasteiger partial charge in [0.25, 0.3) is 5.92 Å². The Balaban J connectivity index is 3.56. The van der Waals surface area contributed by atoms with E-state index in [1.165, 1.54) is 4.90 Å². The molecule has 60 valence electrons. The molecule has 1 nitrogen and oxygen atoms in total. The second-order valence-corrected chi connectivity index (χ2v) is 2.56. The third-order valence-electron chi connectivity index (χ3n) is 0.988. The number of halogens is 2. The SMILES string of the molecule is C=CCN(C)CC(C)(F)F. The van der Waals surface area contributed by atoms with Crippen LogP contribution in [0.2, 0.25) is 0 Å². The largest absolute Gasteiger partial charge is 0.297 e. The van der Waals surface area contributed by atoms with Crippen LogP contribution in [0.4, 0.5) is 8.78 Å². The van der Waals surface area contributed by atoms with E-state index < -0.39 is 5.92 Å². The molecule has 0 bridgehead atoms. The maximum absolute atomic E-state index is 12.2. The van der Waals surface area contributed by atoms with E-state index in [1.807, 2.05) is 0 Å². The maximum Gasteiger partial charge on any atom is 0.257 e. The van der Waals surface area contributed by atoms with Gasteiger partial charge in [0, 0.05) is 13.5 Å². The van der Waals surface area contributed by atoms with Gasteiger partial charge in [0.2, 0.25) is 0 Å². The van der Waals surface area contributed by atoms with Crippen LogP contribution >= 0.6 is 0 Å². The first-order valence-corrected chi connectivity index (χ1v) is 3.13. The molecule has 0 radical (unpaired) electrons. The molecule has 3 heteroatoms. The molecule has 0 spiro atoms. The Morgan fingerprint density at radius 1 is 1.60 bits per heavy atom. The van der Waals surface area contributed by atoms with Crippen LogP contribution in [0, 0.1) is 0 Å². The summed E-state index contributed by atoms with van der Waals surface area (Å²) < 4.78 is 24.4. The zero-order valence-corrected chi connectivity index (χ0v) is 6.40. The van der Waals surface area contributed by atoms with Crippen molar-refractivity contribution in [1.82, 2.24) is 4.90 Å². The van der Waals surface area contributed by atoms with Crippen molar-refractivity contribution in [3.63, 3.8) is 0 Å². The van der Waals surface area contributed by atoms with Crippen LogP contribution in [0.1, 0.15) is 6.92 Å².